The lowest BCUT2D eigenvalue weighted by Crippen LogP contribution is -2.34. The van der Waals surface area contributed by atoms with Crippen molar-refractivity contribution in [3.63, 3.8) is 0 Å². The molecular formula is C22H17N5O3S. The summed E-state index contributed by atoms with van der Waals surface area (Å²) in [5.41, 5.74) is 2.20. The number of nitrogens with one attached hydrogen (secondary N) is 3. The number of hydrogen-bond donors (Lipinski definition) is 4. The van der Waals surface area contributed by atoms with Gasteiger partial charge in [-0.2, -0.15) is 0 Å². The van der Waals surface area contributed by atoms with Gasteiger partial charge in [-0.1, -0.05) is 53.8 Å². The van der Waals surface area contributed by atoms with Crippen molar-refractivity contribution in [3.8, 4) is 23.5 Å². The van der Waals surface area contributed by atoms with Crippen LogP contribution in [-0.4, -0.2) is 32.9 Å². The molecule has 0 radical (unpaired) electrons. The summed E-state index contributed by atoms with van der Waals surface area (Å²) >= 11 is 1.07. The smallest absolute Gasteiger partial charge is 0.321 e. The summed E-state index contributed by atoms with van der Waals surface area (Å²) in [5.74, 6) is 2.34. The second-order valence-corrected chi connectivity index (χ2v) is 7.57. The van der Waals surface area contributed by atoms with Crippen molar-refractivity contribution in [3.05, 3.63) is 75.7 Å². The average molecular weight is 431 g/mol. The SMILES string of the molecule is C#Cc1nnc(NC(=O)N[C@@H](CO)c2ccc(-c3cccc4cc[nH]c(=O)c34)cc2)s1. The Balaban J connectivity index is 1.53. The van der Waals surface area contributed by atoms with Crippen molar-refractivity contribution in [1.82, 2.24) is 20.5 Å². The van der Waals surface area contributed by atoms with Gasteiger partial charge >= 0.3 is 6.03 Å². The van der Waals surface area contributed by atoms with Crippen LogP contribution in [-0.2, 0) is 0 Å². The fourth-order valence-corrected chi connectivity index (χ4v) is 3.78. The van der Waals surface area contributed by atoms with Crippen LogP contribution in [0.4, 0.5) is 9.93 Å². The zero-order chi connectivity index (χ0) is 21.8. The second-order valence-electron chi connectivity index (χ2n) is 6.59. The summed E-state index contributed by atoms with van der Waals surface area (Å²) in [6.07, 6.45) is 6.86. The molecule has 0 fully saturated rings. The molecule has 0 aliphatic carbocycles. The van der Waals surface area contributed by atoms with Gasteiger partial charge in [-0.25, -0.2) is 4.79 Å². The molecule has 154 valence electrons. The van der Waals surface area contributed by atoms with E-state index in [1.165, 1.54) is 0 Å². The van der Waals surface area contributed by atoms with Crippen LogP contribution in [0.1, 0.15) is 16.6 Å². The number of rotatable bonds is 5. The maximum Gasteiger partial charge on any atom is 0.321 e. The molecule has 31 heavy (non-hydrogen) atoms. The molecule has 0 bridgehead atoms. The third kappa shape index (κ3) is 4.30. The highest BCUT2D eigenvalue weighted by molar-refractivity contribution is 7.15. The highest BCUT2D eigenvalue weighted by Gasteiger charge is 2.16. The molecule has 1 atom stereocenters. The molecule has 0 unspecified atom stereocenters. The molecule has 0 aliphatic rings. The number of aliphatic hydroxyl groups is 1. The Labute approximate surface area is 181 Å². The van der Waals surface area contributed by atoms with E-state index in [9.17, 15) is 14.7 Å². The minimum Gasteiger partial charge on any atom is -0.394 e. The standard InChI is InChI=1S/C22H17N5O3S/c1-2-18-26-27-22(31-18)25-21(30)24-17(12-28)14-8-6-13(7-9-14)16-5-3-4-15-10-11-23-20(29)19(15)16/h1,3-11,17,28H,12H2,(H,23,29)(H2,24,25,27,30)/t17-/m0/s1. The van der Waals surface area contributed by atoms with Crippen LogP contribution in [0.15, 0.2) is 59.5 Å². The fraction of sp³-hybridized carbons (Fsp3) is 0.0909. The van der Waals surface area contributed by atoms with E-state index in [1.54, 1.807) is 18.3 Å². The Morgan fingerprint density at radius 1 is 1.19 bits per heavy atom. The number of anilines is 1. The lowest BCUT2D eigenvalue weighted by molar-refractivity contribution is 0.225. The molecule has 2 aromatic carbocycles. The number of aromatic amines is 1. The predicted molar refractivity (Wildman–Crippen MR) is 120 cm³/mol. The number of amides is 2. The van der Waals surface area contributed by atoms with Gasteiger partial charge in [0.1, 0.15) is 0 Å². The van der Waals surface area contributed by atoms with Crippen molar-refractivity contribution in [2.75, 3.05) is 11.9 Å². The van der Waals surface area contributed by atoms with Crippen molar-refractivity contribution in [2.45, 2.75) is 6.04 Å². The van der Waals surface area contributed by atoms with Crippen molar-refractivity contribution < 1.29 is 9.90 Å². The number of carbonyl (C=O) groups is 1. The molecule has 0 aliphatic heterocycles. The molecule has 8 nitrogen and oxygen atoms in total. The van der Waals surface area contributed by atoms with Crippen LogP contribution in [0.3, 0.4) is 0 Å². The van der Waals surface area contributed by atoms with Gasteiger partial charge in [-0.05, 0) is 34.1 Å². The zero-order valence-electron chi connectivity index (χ0n) is 16.1. The second kappa shape index (κ2) is 8.79. The van der Waals surface area contributed by atoms with E-state index >= 15 is 0 Å². The highest BCUT2D eigenvalue weighted by Crippen LogP contribution is 2.27. The van der Waals surface area contributed by atoms with Crippen LogP contribution in [0.2, 0.25) is 0 Å². The van der Waals surface area contributed by atoms with Crippen LogP contribution >= 0.6 is 11.3 Å². The number of hydrogen-bond acceptors (Lipinski definition) is 6. The molecule has 9 heteroatoms. The Hall–Kier alpha value is -4.00. The first kappa shape index (κ1) is 20.3. The summed E-state index contributed by atoms with van der Waals surface area (Å²) in [7, 11) is 0. The number of H-pyrrole nitrogens is 1. The minimum absolute atomic E-state index is 0.159. The third-order valence-electron chi connectivity index (χ3n) is 4.68. The first-order valence-electron chi connectivity index (χ1n) is 9.28. The number of aliphatic hydroxyl groups excluding tert-OH is 1. The van der Waals surface area contributed by atoms with Gasteiger partial charge in [0.2, 0.25) is 5.13 Å². The van der Waals surface area contributed by atoms with Gasteiger partial charge < -0.3 is 15.4 Å². The van der Waals surface area contributed by atoms with Gasteiger partial charge in [-0.15, -0.1) is 16.6 Å². The first-order valence-corrected chi connectivity index (χ1v) is 10.1. The van der Waals surface area contributed by atoms with Gasteiger partial charge in [0.15, 0.2) is 5.01 Å². The Kier molecular flexibility index (Phi) is 5.75. The Morgan fingerprint density at radius 3 is 2.71 bits per heavy atom. The van der Waals surface area contributed by atoms with Gasteiger partial charge in [0.05, 0.1) is 18.0 Å². The average Bonchev–Trinajstić information content (AvgIpc) is 3.25. The monoisotopic (exact) mass is 431 g/mol. The Morgan fingerprint density at radius 2 is 2.00 bits per heavy atom. The maximum absolute atomic E-state index is 12.3. The van der Waals surface area contributed by atoms with E-state index < -0.39 is 12.1 Å². The lowest BCUT2D eigenvalue weighted by atomic mass is 9.97. The number of benzene rings is 2. The van der Waals surface area contributed by atoms with E-state index in [4.69, 9.17) is 6.42 Å². The highest BCUT2D eigenvalue weighted by atomic mass is 32.1. The quantitative estimate of drug-likeness (QED) is 0.362. The summed E-state index contributed by atoms with van der Waals surface area (Å²) in [5, 5.41) is 24.6. The van der Waals surface area contributed by atoms with E-state index in [0.29, 0.717) is 16.0 Å². The molecule has 2 heterocycles. The van der Waals surface area contributed by atoms with Crippen LogP contribution < -0.4 is 16.2 Å². The predicted octanol–water partition coefficient (Wildman–Crippen LogP) is 2.88. The number of carbonyl (C=O) groups excluding carboxylic acids is 1. The van der Waals surface area contributed by atoms with Gasteiger partial charge in [0, 0.05) is 6.20 Å². The molecule has 0 spiro atoms. The summed E-state index contributed by atoms with van der Waals surface area (Å²) < 4.78 is 0. The maximum atomic E-state index is 12.3. The van der Waals surface area contributed by atoms with E-state index in [2.05, 4.69) is 31.7 Å². The number of aromatic nitrogens is 3. The van der Waals surface area contributed by atoms with Crippen molar-refractivity contribution in [2.24, 2.45) is 0 Å². The summed E-state index contributed by atoms with van der Waals surface area (Å²) in [6, 6.07) is 13.6. The molecular weight excluding hydrogens is 414 g/mol. The van der Waals surface area contributed by atoms with E-state index in [-0.39, 0.29) is 17.3 Å². The molecule has 4 aromatic rings. The molecule has 2 amide bonds. The van der Waals surface area contributed by atoms with Gasteiger partial charge in [0.25, 0.3) is 5.56 Å². The van der Waals surface area contributed by atoms with E-state index in [1.807, 2.05) is 36.4 Å². The van der Waals surface area contributed by atoms with Crippen LogP contribution in [0.5, 0.6) is 0 Å². The first-order chi connectivity index (χ1) is 15.1. The summed E-state index contributed by atoms with van der Waals surface area (Å²) in [6.45, 7) is -0.299. The number of pyridine rings is 1. The largest absolute Gasteiger partial charge is 0.394 e. The van der Waals surface area contributed by atoms with Crippen LogP contribution in [0, 0.1) is 12.3 Å². The molecule has 4 rings (SSSR count). The molecule has 0 saturated carbocycles. The summed E-state index contributed by atoms with van der Waals surface area (Å²) in [4.78, 5) is 27.3. The Bertz CT molecular complexity index is 1330. The number of fused-ring (bicyclic) bond motifs is 1. The number of urea groups is 1. The number of nitrogens with zero attached hydrogens (tertiary/aromatic N) is 2. The zero-order valence-corrected chi connectivity index (χ0v) is 16.9. The van der Waals surface area contributed by atoms with Crippen molar-refractivity contribution in [1.29, 1.82) is 0 Å². The normalized spacial score (nSPS) is 11.6. The van der Waals surface area contributed by atoms with E-state index in [0.717, 1.165) is 27.8 Å². The minimum atomic E-state index is -0.634. The molecule has 2 aromatic heterocycles. The number of terminal acetylenes is 1. The van der Waals surface area contributed by atoms with Crippen molar-refractivity contribution >= 4 is 33.3 Å². The molecule has 0 saturated heterocycles. The lowest BCUT2D eigenvalue weighted by Gasteiger charge is -2.17. The molecule has 4 N–H and O–H groups in total. The van der Waals surface area contributed by atoms with Crippen LogP contribution in [0.25, 0.3) is 21.9 Å². The fourth-order valence-electron chi connectivity index (χ4n) is 3.24. The third-order valence-corrected chi connectivity index (χ3v) is 5.45. The van der Waals surface area contributed by atoms with Gasteiger partial charge in [-0.3, -0.25) is 10.1 Å². The topological polar surface area (TPSA) is 120 Å².